The van der Waals surface area contributed by atoms with Crippen molar-refractivity contribution >= 4 is 45.6 Å². The molecular weight excluding hydrogens is 492 g/mol. The highest BCUT2D eigenvalue weighted by atomic mass is 16.5. The first-order valence-corrected chi connectivity index (χ1v) is 11.0. The number of aromatic hydroxyl groups is 1. The van der Waals surface area contributed by atoms with Crippen LogP contribution in [0.25, 0.3) is 21.7 Å². The van der Waals surface area contributed by atoms with Crippen LogP contribution >= 0.6 is 0 Å². The summed E-state index contributed by atoms with van der Waals surface area (Å²) in [5, 5.41) is 38.7. The van der Waals surface area contributed by atoms with Crippen LogP contribution in [0.4, 0.5) is 0 Å². The summed E-state index contributed by atoms with van der Waals surface area (Å²) in [7, 11) is 0. The van der Waals surface area contributed by atoms with Crippen molar-refractivity contribution in [3.8, 4) is 5.75 Å². The van der Waals surface area contributed by atoms with Gasteiger partial charge in [-0.1, -0.05) is 12.1 Å². The smallest absolute Gasteiger partial charge is 0.336 e. The molecule has 1 aromatic heterocycles. The van der Waals surface area contributed by atoms with E-state index in [2.05, 4.69) is 0 Å². The molecule has 0 unspecified atom stereocenters. The van der Waals surface area contributed by atoms with Gasteiger partial charge in [-0.15, -0.1) is 0 Å². The number of phenolic OH excluding ortho intramolecular Hbond substituents is 1. The standard InChI is InChI=1S/C24H24N2O11/c25-17(24(34)35)4-6-21(32)36-11-12-7-22(33)37-23-13(12)1-2-14-15(23)3-5-18(27)16(14)8-26(9-19(28)29)10-20(30)31/h1-3,5,7,17,27H,4,6,8-11,25H2,(H,28,29)(H,30,31)(H,34,35)/t17-/m0/s1. The minimum Gasteiger partial charge on any atom is -0.508 e. The second-order valence-corrected chi connectivity index (χ2v) is 8.27. The second kappa shape index (κ2) is 11.5. The van der Waals surface area contributed by atoms with Gasteiger partial charge in [0.25, 0.3) is 0 Å². The Morgan fingerprint density at radius 2 is 1.59 bits per heavy atom. The summed E-state index contributed by atoms with van der Waals surface area (Å²) in [5.41, 5.74) is 5.30. The number of hydrogen-bond donors (Lipinski definition) is 5. The third-order valence-corrected chi connectivity index (χ3v) is 5.54. The molecule has 37 heavy (non-hydrogen) atoms. The highest BCUT2D eigenvalue weighted by Gasteiger charge is 2.20. The van der Waals surface area contributed by atoms with Crippen molar-refractivity contribution in [3.63, 3.8) is 0 Å². The molecule has 196 valence electrons. The number of fused-ring (bicyclic) bond motifs is 3. The number of ether oxygens (including phenoxy) is 1. The molecule has 0 saturated heterocycles. The summed E-state index contributed by atoms with van der Waals surface area (Å²) in [6, 6.07) is 5.88. The molecule has 0 saturated carbocycles. The van der Waals surface area contributed by atoms with Crippen molar-refractivity contribution in [1.29, 1.82) is 0 Å². The fraction of sp³-hybridized carbons (Fsp3) is 0.292. The second-order valence-electron chi connectivity index (χ2n) is 8.27. The third kappa shape index (κ3) is 6.80. The predicted octanol–water partition coefficient (Wildman–Crippen LogP) is 0.858. The van der Waals surface area contributed by atoms with Gasteiger partial charge in [-0.3, -0.25) is 24.1 Å². The van der Waals surface area contributed by atoms with Crippen LogP contribution in [0.2, 0.25) is 0 Å². The minimum absolute atomic E-state index is 0.119. The number of carbonyl (C=O) groups excluding carboxylic acids is 1. The van der Waals surface area contributed by atoms with E-state index in [1.165, 1.54) is 12.1 Å². The van der Waals surface area contributed by atoms with Crippen molar-refractivity contribution in [1.82, 2.24) is 4.90 Å². The van der Waals surface area contributed by atoms with Crippen molar-refractivity contribution in [2.24, 2.45) is 5.73 Å². The van der Waals surface area contributed by atoms with Gasteiger partial charge in [0.15, 0.2) is 0 Å². The quantitative estimate of drug-likeness (QED) is 0.128. The van der Waals surface area contributed by atoms with Crippen molar-refractivity contribution in [2.45, 2.75) is 32.0 Å². The SMILES string of the molecule is N[C@@H](CCC(=O)OCc1cc(=O)oc2c1ccc1c(CN(CC(=O)O)CC(=O)O)c(O)ccc12)C(=O)O. The summed E-state index contributed by atoms with van der Waals surface area (Å²) >= 11 is 0. The molecule has 0 fully saturated rings. The number of carboxylic acid groups (broad SMARTS) is 3. The van der Waals surface area contributed by atoms with Crippen LogP contribution in [0.1, 0.15) is 24.0 Å². The van der Waals surface area contributed by atoms with E-state index in [0.29, 0.717) is 21.7 Å². The zero-order chi connectivity index (χ0) is 27.3. The molecule has 0 bridgehead atoms. The maximum atomic E-state index is 12.3. The lowest BCUT2D eigenvalue weighted by molar-refractivity contribution is -0.146. The number of nitrogens with zero attached hydrogens (tertiary/aromatic N) is 1. The Morgan fingerprint density at radius 3 is 2.22 bits per heavy atom. The number of hydrogen-bond acceptors (Lipinski definition) is 10. The van der Waals surface area contributed by atoms with Gasteiger partial charge in [0.05, 0.1) is 13.1 Å². The maximum absolute atomic E-state index is 12.3. The molecule has 0 aliphatic rings. The average molecular weight is 516 g/mol. The van der Waals surface area contributed by atoms with Crippen LogP contribution < -0.4 is 11.4 Å². The number of carbonyl (C=O) groups is 4. The van der Waals surface area contributed by atoms with Crippen molar-refractivity contribution in [3.05, 3.63) is 51.9 Å². The number of nitrogens with two attached hydrogens (primary N) is 1. The lowest BCUT2D eigenvalue weighted by Crippen LogP contribution is -2.34. The molecule has 3 aromatic rings. The summed E-state index contributed by atoms with van der Waals surface area (Å²) in [6.07, 6.45) is -0.356. The van der Waals surface area contributed by atoms with E-state index in [1.54, 1.807) is 12.1 Å². The molecule has 3 rings (SSSR count). The predicted molar refractivity (Wildman–Crippen MR) is 127 cm³/mol. The van der Waals surface area contributed by atoms with Gasteiger partial charge in [0, 0.05) is 40.9 Å². The lowest BCUT2D eigenvalue weighted by atomic mass is 9.99. The molecule has 1 heterocycles. The van der Waals surface area contributed by atoms with Crippen molar-refractivity contribution in [2.75, 3.05) is 13.1 Å². The van der Waals surface area contributed by atoms with Crippen LogP contribution in [0.15, 0.2) is 39.5 Å². The van der Waals surface area contributed by atoms with Gasteiger partial charge in [-0.2, -0.15) is 0 Å². The van der Waals surface area contributed by atoms with E-state index in [4.69, 9.17) is 30.2 Å². The summed E-state index contributed by atoms with van der Waals surface area (Å²) in [5.74, 6) is -4.66. The van der Waals surface area contributed by atoms with E-state index in [-0.39, 0.29) is 42.9 Å². The Kier molecular flexibility index (Phi) is 8.42. The van der Waals surface area contributed by atoms with Crippen LogP contribution in [0.5, 0.6) is 5.75 Å². The number of benzene rings is 2. The first-order valence-electron chi connectivity index (χ1n) is 11.0. The molecule has 0 aliphatic heterocycles. The largest absolute Gasteiger partial charge is 0.508 e. The number of rotatable bonds is 12. The lowest BCUT2D eigenvalue weighted by Gasteiger charge is -2.20. The Balaban J connectivity index is 1.96. The van der Waals surface area contributed by atoms with Crippen molar-refractivity contribution < 1.29 is 48.8 Å². The fourth-order valence-electron chi connectivity index (χ4n) is 3.83. The first kappa shape index (κ1) is 27.1. The van der Waals surface area contributed by atoms with Gasteiger partial charge >= 0.3 is 29.5 Å². The molecular formula is C24H24N2O11. The number of esters is 1. The van der Waals surface area contributed by atoms with E-state index in [0.717, 1.165) is 11.0 Å². The molecule has 0 aliphatic carbocycles. The van der Waals surface area contributed by atoms with E-state index in [1.807, 2.05) is 0 Å². The van der Waals surface area contributed by atoms with Crippen LogP contribution in [0.3, 0.4) is 0 Å². The molecule has 13 nitrogen and oxygen atoms in total. The van der Waals surface area contributed by atoms with Gasteiger partial charge in [-0.25, -0.2) is 4.79 Å². The van der Waals surface area contributed by atoms with Crippen LogP contribution in [-0.2, 0) is 37.1 Å². The molecule has 0 radical (unpaired) electrons. The third-order valence-electron chi connectivity index (χ3n) is 5.54. The fourth-order valence-corrected chi connectivity index (χ4v) is 3.83. The summed E-state index contributed by atoms with van der Waals surface area (Å²) in [4.78, 5) is 58.6. The van der Waals surface area contributed by atoms with Gasteiger partial charge in [0.2, 0.25) is 0 Å². The molecule has 1 atom stereocenters. The zero-order valence-electron chi connectivity index (χ0n) is 19.4. The first-order chi connectivity index (χ1) is 17.5. The van der Waals surface area contributed by atoms with Crippen LogP contribution in [0, 0.1) is 0 Å². The normalized spacial score (nSPS) is 12.1. The summed E-state index contributed by atoms with van der Waals surface area (Å²) in [6.45, 7) is -1.69. The Hall–Kier alpha value is -4.49. The Bertz CT molecular complexity index is 1410. The minimum atomic E-state index is -1.25. The van der Waals surface area contributed by atoms with E-state index in [9.17, 15) is 29.1 Å². The molecule has 13 heteroatoms. The number of carboxylic acids is 3. The maximum Gasteiger partial charge on any atom is 0.336 e. The number of aliphatic carboxylic acids is 3. The van der Waals surface area contributed by atoms with Gasteiger partial charge in [-0.05, 0) is 23.9 Å². The molecule has 0 spiro atoms. The highest BCUT2D eigenvalue weighted by Crippen LogP contribution is 2.34. The molecule has 6 N–H and O–H groups in total. The molecule has 0 amide bonds. The number of phenols is 1. The van der Waals surface area contributed by atoms with Gasteiger partial charge < -0.3 is 35.3 Å². The summed E-state index contributed by atoms with van der Waals surface area (Å²) < 4.78 is 10.6. The zero-order valence-corrected chi connectivity index (χ0v) is 19.4. The Morgan fingerprint density at radius 1 is 0.973 bits per heavy atom. The topological polar surface area (TPSA) is 218 Å². The van der Waals surface area contributed by atoms with Gasteiger partial charge in [0.1, 0.15) is 24.0 Å². The van der Waals surface area contributed by atoms with E-state index >= 15 is 0 Å². The highest BCUT2D eigenvalue weighted by molar-refractivity contribution is 6.06. The molecule has 2 aromatic carbocycles. The monoisotopic (exact) mass is 516 g/mol. The van der Waals surface area contributed by atoms with E-state index < -0.39 is 48.6 Å². The average Bonchev–Trinajstić information content (AvgIpc) is 2.81. The van der Waals surface area contributed by atoms with Crippen LogP contribution in [-0.4, -0.2) is 68.3 Å². The Labute approximate surface area is 208 Å².